The Kier molecular flexibility index (Phi) is 4.63. The lowest BCUT2D eigenvalue weighted by Crippen LogP contribution is -2.39. The van der Waals surface area contributed by atoms with E-state index in [0.29, 0.717) is 6.54 Å². The summed E-state index contributed by atoms with van der Waals surface area (Å²) in [6.45, 7) is 6.46. The van der Waals surface area contributed by atoms with Crippen LogP contribution in [0.5, 0.6) is 0 Å². The molecule has 0 aliphatic carbocycles. The summed E-state index contributed by atoms with van der Waals surface area (Å²) in [7, 11) is 0. The van der Waals surface area contributed by atoms with E-state index in [2.05, 4.69) is 28.2 Å². The number of benzene rings is 1. The van der Waals surface area contributed by atoms with Crippen LogP contribution in [0.2, 0.25) is 0 Å². The summed E-state index contributed by atoms with van der Waals surface area (Å²) < 4.78 is 6.34. The quantitative estimate of drug-likeness (QED) is 0.925. The van der Waals surface area contributed by atoms with Gasteiger partial charge in [-0.2, -0.15) is 0 Å². The number of hydrogen-bond donors (Lipinski definition) is 1. The van der Waals surface area contributed by atoms with Crippen molar-refractivity contribution in [3.05, 3.63) is 33.8 Å². The molecule has 19 heavy (non-hydrogen) atoms. The molecule has 0 radical (unpaired) electrons. The molecular weight excluding hydrogens is 306 g/mol. The Morgan fingerprint density at radius 3 is 2.79 bits per heavy atom. The number of carbonyl (C=O) groups excluding carboxylic acids is 1. The first-order valence-electron chi connectivity index (χ1n) is 6.63. The zero-order valence-electron chi connectivity index (χ0n) is 11.5. The van der Waals surface area contributed by atoms with E-state index in [-0.39, 0.29) is 11.3 Å². The molecule has 4 heteroatoms. The van der Waals surface area contributed by atoms with Crippen LogP contribution in [0.25, 0.3) is 0 Å². The highest BCUT2D eigenvalue weighted by Crippen LogP contribution is 2.29. The molecular formula is C15H20BrNO2. The second-order valence-corrected chi connectivity index (χ2v) is 6.37. The Labute approximate surface area is 122 Å². The maximum Gasteiger partial charge on any atom is 0.251 e. The number of nitrogens with one attached hydrogen (secondary N) is 1. The lowest BCUT2D eigenvalue weighted by atomic mass is 9.82. The summed E-state index contributed by atoms with van der Waals surface area (Å²) in [4.78, 5) is 12.2. The standard InChI is InChI=1S/C15H20BrNO2/c1-11-12(4-3-5-13(11)16)14(18)17-10-15(2)6-8-19-9-7-15/h3-5H,6-10H2,1-2H3,(H,17,18). The molecule has 0 unspecified atom stereocenters. The second kappa shape index (κ2) is 6.06. The molecule has 0 spiro atoms. The summed E-state index contributed by atoms with van der Waals surface area (Å²) in [6.07, 6.45) is 2.01. The molecule has 1 aromatic rings. The smallest absolute Gasteiger partial charge is 0.251 e. The summed E-state index contributed by atoms with van der Waals surface area (Å²) >= 11 is 3.46. The molecule has 2 rings (SSSR count). The molecule has 0 atom stereocenters. The molecule has 0 bridgehead atoms. The van der Waals surface area contributed by atoms with E-state index >= 15 is 0 Å². The van der Waals surface area contributed by atoms with Crippen molar-refractivity contribution < 1.29 is 9.53 Å². The van der Waals surface area contributed by atoms with Crippen LogP contribution in [0.15, 0.2) is 22.7 Å². The van der Waals surface area contributed by atoms with Crippen LogP contribution in [0.3, 0.4) is 0 Å². The first-order chi connectivity index (χ1) is 9.02. The number of carbonyl (C=O) groups is 1. The fourth-order valence-corrected chi connectivity index (χ4v) is 2.65. The molecule has 1 N–H and O–H groups in total. The van der Waals surface area contributed by atoms with Gasteiger partial charge in [-0.1, -0.05) is 28.9 Å². The van der Waals surface area contributed by atoms with Crippen molar-refractivity contribution in [1.29, 1.82) is 0 Å². The SMILES string of the molecule is Cc1c(Br)cccc1C(=O)NCC1(C)CCOCC1. The average molecular weight is 326 g/mol. The Balaban J connectivity index is 1.99. The maximum absolute atomic E-state index is 12.2. The molecule has 1 saturated heterocycles. The van der Waals surface area contributed by atoms with Crippen LogP contribution in [0, 0.1) is 12.3 Å². The van der Waals surface area contributed by atoms with E-state index in [1.54, 1.807) is 0 Å². The molecule has 0 aromatic heterocycles. The Morgan fingerprint density at radius 1 is 1.42 bits per heavy atom. The molecule has 1 aromatic carbocycles. The third kappa shape index (κ3) is 3.57. The van der Waals surface area contributed by atoms with Crippen LogP contribution in [-0.4, -0.2) is 25.7 Å². The third-order valence-corrected chi connectivity index (χ3v) is 4.75. The molecule has 1 heterocycles. The lowest BCUT2D eigenvalue weighted by Gasteiger charge is -2.33. The van der Waals surface area contributed by atoms with Gasteiger partial charge in [0.05, 0.1) is 0 Å². The predicted octanol–water partition coefficient (Wildman–Crippen LogP) is 3.30. The van der Waals surface area contributed by atoms with Crippen molar-refractivity contribution in [2.24, 2.45) is 5.41 Å². The van der Waals surface area contributed by atoms with E-state index < -0.39 is 0 Å². The largest absolute Gasteiger partial charge is 0.381 e. The molecule has 3 nitrogen and oxygen atoms in total. The number of hydrogen-bond acceptors (Lipinski definition) is 2. The molecule has 0 saturated carbocycles. The van der Waals surface area contributed by atoms with E-state index in [1.807, 2.05) is 25.1 Å². The molecule has 1 amide bonds. The zero-order chi connectivity index (χ0) is 13.9. The minimum absolute atomic E-state index is 0.00603. The van der Waals surface area contributed by atoms with Crippen LogP contribution in [-0.2, 0) is 4.74 Å². The van der Waals surface area contributed by atoms with Gasteiger partial charge in [-0.3, -0.25) is 4.79 Å². The van der Waals surface area contributed by atoms with Crippen LogP contribution < -0.4 is 5.32 Å². The fourth-order valence-electron chi connectivity index (χ4n) is 2.28. The molecule has 1 fully saturated rings. The first-order valence-corrected chi connectivity index (χ1v) is 7.42. The number of amides is 1. The van der Waals surface area contributed by atoms with Gasteiger partial charge in [-0.25, -0.2) is 0 Å². The summed E-state index contributed by atoms with van der Waals surface area (Å²) in [5, 5.41) is 3.06. The van der Waals surface area contributed by atoms with Gasteiger partial charge in [-0.05, 0) is 42.9 Å². The minimum atomic E-state index is 0.00603. The van der Waals surface area contributed by atoms with Crippen LogP contribution in [0.4, 0.5) is 0 Å². The molecule has 1 aliphatic heterocycles. The Morgan fingerprint density at radius 2 is 2.11 bits per heavy atom. The minimum Gasteiger partial charge on any atom is -0.381 e. The van der Waals surface area contributed by atoms with Crippen molar-refractivity contribution >= 4 is 21.8 Å². The van der Waals surface area contributed by atoms with Gasteiger partial charge in [0.2, 0.25) is 0 Å². The highest BCUT2D eigenvalue weighted by Gasteiger charge is 2.28. The number of halogens is 1. The van der Waals surface area contributed by atoms with E-state index in [1.165, 1.54) is 0 Å². The van der Waals surface area contributed by atoms with E-state index in [9.17, 15) is 4.79 Å². The molecule has 1 aliphatic rings. The second-order valence-electron chi connectivity index (χ2n) is 5.52. The summed E-state index contributed by atoms with van der Waals surface area (Å²) in [5.74, 6) is 0.00603. The van der Waals surface area contributed by atoms with Crippen molar-refractivity contribution in [1.82, 2.24) is 5.32 Å². The Bertz CT molecular complexity index is 467. The normalized spacial score (nSPS) is 18.1. The van der Waals surface area contributed by atoms with Gasteiger partial charge < -0.3 is 10.1 Å². The van der Waals surface area contributed by atoms with Gasteiger partial charge in [0.25, 0.3) is 5.91 Å². The monoisotopic (exact) mass is 325 g/mol. The predicted molar refractivity (Wildman–Crippen MR) is 79.4 cm³/mol. The third-order valence-electron chi connectivity index (χ3n) is 3.89. The van der Waals surface area contributed by atoms with Gasteiger partial charge in [0.15, 0.2) is 0 Å². The highest BCUT2D eigenvalue weighted by molar-refractivity contribution is 9.10. The van der Waals surface area contributed by atoms with Crippen molar-refractivity contribution in [2.45, 2.75) is 26.7 Å². The maximum atomic E-state index is 12.2. The van der Waals surface area contributed by atoms with Crippen LogP contribution in [0.1, 0.15) is 35.7 Å². The van der Waals surface area contributed by atoms with E-state index in [4.69, 9.17) is 4.74 Å². The average Bonchev–Trinajstić information content (AvgIpc) is 2.40. The summed E-state index contributed by atoms with van der Waals surface area (Å²) in [6, 6.07) is 5.70. The summed E-state index contributed by atoms with van der Waals surface area (Å²) in [5.41, 5.74) is 1.88. The van der Waals surface area contributed by atoms with Crippen molar-refractivity contribution in [3.8, 4) is 0 Å². The fraction of sp³-hybridized carbons (Fsp3) is 0.533. The Hall–Kier alpha value is -0.870. The van der Waals surface area contributed by atoms with Gasteiger partial charge >= 0.3 is 0 Å². The number of ether oxygens (including phenoxy) is 1. The lowest BCUT2D eigenvalue weighted by molar-refractivity contribution is 0.0238. The molecule has 104 valence electrons. The zero-order valence-corrected chi connectivity index (χ0v) is 13.0. The van der Waals surface area contributed by atoms with Gasteiger partial charge in [-0.15, -0.1) is 0 Å². The van der Waals surface area contributed by atoms with E-state index in [0.717, 1.165) is 41.7 Å². The van der Waals surface area contributed by atoms with Gasteiger partial charge in [0, 0.05) is 29.8 Å². The van der Waals surface area contributed by atoms with Crippen molar-refractivity contribution in [2.75, 3.05) is 19.8 Å². The first kappa shape index (κ1) is 14.5. The van der Waals surface area contributed by atoms with Gasteiger partial charge in [0.1, 0.15) is 0 Å². The highest BCUT2D eigenvalue weighted by atomic mass is 79.9. The van der Waals surface area contributed by atoms with Crippen molar-refractivity contribution in [3.63, 3.8) is 0 Å². The topological polar surface area (TPSA) is 38.3 Å². The number of rotatable bonds is 3. The van der Waals surface area contributed by atoms with Crippen LogP contribution >= 0.6 is 15.9 Å².